The number of rotatable bonds is 0. The van der Waals surface area contributed by atoms with E-state index < -0.39 is 0 Å². The molecule has 0 fully saturated rings. The summed E-state index contributed by atoms with van der Waals surface area (Å²) >= 11 is 0. The average Bonchev–Trinajstić information content (AvgIpc) is 1.41. The van der Waals surface area contributed by atoms with E-state index in [1.54, 1.807) is 0 Å². The molecule has 0 aliphatic carbocycles. The van der Waals surface area contributed by atoms with E-state index in [0.717, 1.165) is 7.11 Å². The van der Waals surface area contributed by atoms with Crippen molar-refractivity contribution in [3.8, 4) is 0 Å². The Kier molecular flexibility index (Phi) is 395. The lowest BCUT2D eigenvalue weighted by atomic mass is 10.6. The summed E-state index contributed by atoms with van der Waals surface area (Å²) in [5.41, 5.74) is 0. The Balaban J connectivity index is -0.00000000625. The standard InChI is InChI=1S/C3H6O.CH4O.4CH4/c1-3(2)4;1-2;;;;/h1-2H3;2H,1H3;4*1H4. The molecule has 0 saturated heterocycles. The van der Waals surface area contributed by atoms with Crippen molar-refractivity contribution in [2.24, 2.45) is 0 Å². The highest BCUT2D eigenvalue weighted by Crippen LogP contribution is 1.50. The van der Waals surface area contributed by atoms with Crippen molar-refractivity contribution < 1.29 is 9.90 Å². The van der Waals surface area contributed by atoms with E-state index in [0.29, 0.717) is 0 Å². The second kappa shape index (κ2) is 72.6. The minimum atomic E-state index is 0. The van der Waals surface area contributed by atoms with E-state index in [4.69, 9.17) is 5.11 Å². The fraction of sp³-hybridized carbons (Fsp3) is 0.875. The number of aliphatic hydroxyl groups is 1. The third-order valence-corrected chi connectivity index (χ3v) is 0. The van der Waals surface area contributed by atoms with E-state index in [9.17, 15) is 4.79 Å². The first-order chi connectivity index (χ1) is 2.73. The molecule has 0 aromatic heterocycles. The second-order valence-corrected chi connectivity index (χ2v) is 0.908. The maximum atomic E-state index is 9.44. The molecular weight excluding hydrogens is 128 g/mol. The number of hydrogen-bond donors (Lipinski definition) is 1. The molecule has 1 N–H and O–H groups in total. The zero-order valence-corrected chi connectivity index (χ0v) is 4.36. The Hall–Kier alpha value is -0.370. The van der Waals surface area contributed by atoms with Crippen LogP contribution in [0.2, 0.25) is 0 Å². The van der Waals surface area contributed by atoms with Gasteiger partial charge >= 0.3 is 0 Å². The highest BCUT2D eigenvalue weighted by molar-refractivity contribution is 5.72. The molecule has 0 unspecified atom stereocenters. The first-order valence-corrected chi connectivity index (χ1v) is 1.65. The molecule has 70 valence electrons. The molecule has 0 aliphatic heterocycles. The van der Waals surface area contributed by atoms with Crippen LogP contribution < -0.4 is 0 Å². The molecule has 0 rings (SSSR count). The van der Waals surface area contributed by atoms with Crippen molar-refractivity contribution >= 4 is 5.78 Å². The summed E-state index contributed by atoms with van der Waals surface area (Å²) in [6.07, 6.45) is 0. The first-order valence-electron chi connectivity index (χ1n) is 1.65. The summed E-state index contributed by atoms with van der Waals surface area (Å²) in [4.78, 5) is 9.44. The quantitative estimate of drug-likeness (QED) is 0.582. The Morgan fingerprint density at radius 3 is 0.900 bits per heavy atom. The summed E-state index contributed by atoms with van der Waals surface area (Å²) in [5, 5.41) is 7.00. The Morgan fingerprint density at radius 1 is 0.900 bits per heavy atom. The van der Waals surface area contributed by atoms with E-state index >= 15 is 0 Å². The van der Waals surface area contributed by atoms with Gasteiger partial charge in [0.15, 0.2) is 0 Å². The third-order valence-electron chi connectivity index (χ3n) is 0. The van der Waals surface area contributed by atoms with Gasteiger partial charge in [0.25, 0.3) is 0 Å². The highest BCUT2D eigenvalue weighted by atomic mass is 16.2. The van der Waals surface area contributed by atoms with E-state index in [2.05, 4.69) is 0 Å². The van der Waals surface area contributed by atoms with Crippen LogP contribution in [0.5, 0.6) is 0 Å². The normalized spacial score (nSPS) is 3.20. The van der Waals surface area contributed by atoms with Gasteiger partial charge < -0.3 is 9.90 Å². The lowest BCUT2D eigenvalue weighted by Crippen LogP contribution is -1.69. The first kappa shape index (κ1) is 54.4. The molecular formula is C8H26O2. The maximum absolute atomic E-state index is 9.44. The van der Waals surface area contributed by atoms with Crippen LogP contribution in [0.25, 0.3) is 0 Å². The number of carbonyl (C=O) groups excluding carboxylic acids is 1. The fourth-order valence-corrected chi connectivity index (χ4v) is 0. The van der Waals surface area contributed by atoms with Crippen molar-refractivity contribution in [3.63, 3.8) is 0 Å². The summed E-state index contributed by atoms with van der Waals surface area (Å²) in [6, 6.07) is 0. The van der Waals surface area contributed by atoms with Crippen molar-refractivity contribution in [1.82, 2.24) is 0 Å². The summed E-state index contributed by atoms with van der Waals surface area (Å²) in [5.74, 6) is 0.167. The van der Waals surface area contributed by atoms with Gasteiger partial charge in [-0.15, -0.1) is 0 Å². The molecule has 10 heavy (non-hydrogen) atoms. The van der Waals surface area contributed by atoms with Crippen LogP contribution >= 0.6 is 0 Å². The zero-order valence-electron chi connectivity index (χ0n) is 4.36. The molecule has 0 aliphatic rings. The molecule has 0 atom stereocenters. The molecule has 2 nitrogen and oxygen atoms in total. The number of aliphatic hydroxyl groups excluding tert-OH is 1. The molecule has 0 spiro atoms. The number of Topliss-reactive ketones (excluding diaryl/α,β-unsaturated/α-hetero) is 1. The van der Waals surface area contributed by atoms with Gasteiger partial charge in [0.1, 0.15) is 5.78 Å². The number of ketones is 1. The highest BCUT2D eigenvalue weighted by Gasteiger charge is 1.62. The van der Waals surface area contributed by atoms with Crippen LogP contribution in [0.1, 0.15) is 43.6 Å². The molecule has 0 aromatic carbocycles. The lowest BCUT2D eigenvalue weighted by molar-refractivity contribution is -0.114. The number of carbonyl (C=O) groups is 1. The SMILES string of the molecule is C.C.C.C.CC(C)=O.CO. The minimum absolute atomic E-state index is 0. The summed E-state index contributed by atoms with van der Waals surface area (Å²) < 4.78 is 0. The fourth-order valence-electron chi connectivity index (χ4n) is 0. The van der Waals surface area contributed by atoms with Gasteiger partial charge in [-0.2, -0.15) is 0 Å². The van der Waals surface area contributed by atoms with Gasteiger partial charge in [-0.1, -0.05) is 29.7 Å². The summed E-state index contributed by atoms with van der Waals surface area (Å²) in [6.45, 7) is 3.06. The van der Waals surface area contributed by atoms with E-state index in [1.165, 1.54) is 13.8 Å². The van der Waals surface area contributed by atoms with Crippen molar-refractivity contribution in [1.29, 1.82) is 0 Å². The van der Waals surface area contributed by atoms with Crippen molar-refractivity contribution in [2.45, 2.75) is 43.6 Å². The van der Waals surface area contributed by atoms with E-state index in [-0.39, 0.29) is 35.5 Å². The minimum Gasteiger partial charge on any atom is -0.400 e. The largest absolute Gasteiger partial charge is 0.400 e. The van der Waals surface area contributed by atoms with Crippen LogP contribution in [-0.4, -0.2) is 18.0 Å². The predicted octanol–water partition coefficient (Wildman–Crippen LogP) is 2.75. The predicted molar refractivity (Wildman–Crippen MR) is 51.4 cm³/mol. The van der Waals surface area contributed by atoms with Crippen molar-refractivity contribution in [3.05, 3.63) is 0 Å². The Bertz CT molecular complexity index is 30.2. The molecule has 2 heteroatoms. The van der Waals surface area contributed by atoms with Crippen LogP contribution in [0.4, 0.5) is 0 Å². The van der Waals surface area contributed by atoms with Crippen LogP contribution in [-0.2, 0) is 4.79 Å². The van der Waals surface area contributed by atoms with Gasteiger partial charge in [-0.05, 0) is 13.8 Å². The van der Waals surface area contributed by atoms with Gasteiger partial charge in [0.2, 0.25) is 0 Å². The molecule has 0 radical (unpaired) electrons. The van der Waals surface area contributed by atoms with Gasteiger partial charge in [-0.3, -0.25) is 0 Å². The molecule has 0 heterocycles. The van der Waals surface area contributed by atoms with Gasteiger partial charge in [0.05, 0.1) is 0 Å². The molecule has 0 bridgehead atoms. The second-order valence-electron chi connectivity index (χ2n) is 0.908. The average molecular weight is 154 g/mol. The Labute approximate surface area is 67.3 Å². The third kappa shape index (κ3) is 2450. The number of hydrogen-bond acceptors (Lipinski definition) is 2. The van der Waals surface area contributed by atoms with Crippen molar-refractivity contribution in [2.75, 3.05) is 7.11 Å². The topological polar surface area (TPSA) is 37.3 Å². The van der Waals surface area contributed by atoms with Crippen LogP contribution in [0.15, 0.2) is 0 Å². The monoisotopic (exact) mass is 154 g/mol. The van der Waals surface area contributed by atoms with Gasteiger partial charge in [0, 0.05) is 7.11 Å². The summed E-state index contributed by atoms with van der Waals surface area (Å²) in [7, 11) is 1.00. The van der Waals surface area contributed by atoms with Crippen LogP contribution in [0.3, 0.4) is 0 Å². The molecule has 0 saturated carbocycles. The van der Waals surface area contributed by atoms with E-state index in [1.807, 2.05) is 0 Å². The molecule has 0 amide bonds. The lowest BCUT2D eigenvalue weighted by Gasteiger charge is -1.56. The van der Waals surface area contributed by atoms with Gasteiger partial charge in [-0.25, -0.2) is 0 Å². The maximum Gasteiger partial charge on any atom is 0.126 e. The smallest absolute Gasteiger partial charge is 0.126 e. The Morgan fingerprint density at radius 2 is 0.900 bits per heavy atom. The molecule has 0 aromatic rings. The zero-order chi connectivity index (χ0) is 5.58. The van der Waals surface area contributed by atoms with Crippen LogP contribution in [0, 0.1) is 0 Å².